The van der Waals surface area contributed by atoms with Gasteiger partial charge in [0, 0.05) is 57.1 Å². The largest absolute Gasteiger partial charge is 0.396 e. The van der Waals surface area contributed by atoms with E-state index in [1.54, 1.807) is 0 Å². The third-order valence-electron chi connectivity index (χ3n) is 6.18. The molecule has 3 heterocycles. The van der Waals surface area contributed by atoms with Gasteiger partial charge in [-0.25, -0.2) is 0 Å². The Morgan fingerprint density at radius 3 is 2.67 bits per heavy atom. The van der Waals surface area contributed by atoms with Crippen LogP contribution in [0.2, 0.25) is 0 Å². The van der Waals surface area contributed by atoms with Crippen LogP contribution < -0.4 is 4.90 Å². The molecule has 4 heteroatoms. The number of nitrogens with zero attached hydrogens (tertiary/aromatic N) is 3. The number of rotatable bonds is 5. The first-order chi connectivity index (χ1) is 11.8. The highest BCUT2D eigenvalue weighted by molar-refractivity contribution is 5.54. The minimum atomic E-state index is 0.299. The van der Waals surface area contributed by atoms with Crippen LogP contribution in [0.25, 0.3) is 0 Å². The molecule has 1 aromatic rings. The highest BCUT2D eigenvalue weighted by Gasteiger charge is 2.36. The van der Waals surface area contributed by atoms with Gasteiger partial charge in [0.1, 0.15) is 0 Å². The first-order valence-corrected chi connectivity index (χ1v) is 9.77. The number of aliphatic hydroxyl groups is 1. The van der Waals surface area contributed by atoms with Gasteiger partial charge in [0.25, 0.3) is 0 Å². The van der Waals surface area contributed by atoms with E-state index in [0.29, 0.717) is 12.6 Å². The van der Waals surface area contributed by atoms with E-state index in [1.807, 2.05) is 0 Å². The SMILES string of the molecule is OCC[C@H]1CN2CCCC2CN1Cc1ccccc1N1CCCC1. The van der Waals surface area contributed by atoms with E-state index >= 15 is 0 Å². The Kier molecular flexibility index (Phi) is 5.06. The highest BCUT2D eigenvalue weighted by Crippen LogP contribution is 2.30. The van der Waals surface area contributed by atoms with E-state index in [9.17, 15) is 5.11 Å². The molecule has 0 spiro atoms. The summed E-state index contributed by atoms with van der Waals surface area (Å²) in [5, 5.41) is 9.52. The van der Waals surface area contributed by atoms with E-state index in [-0.39, 0.29) is 0 Å². The maximum absolute atomic E-state index is 9.52. The van der Waals surface area contributed by atoms with Crippen molar-refractivity contribution in [2.75, 3.05) is 44.2 Å². The van der Waals surface area contributed by atoms with Crippen LogP contribution >= 0.6 is 0 Å². The van der Waals surface area contributed by atoms with E-state index in [2.05, 4.69) is 39.0 Å². The normalized spacial score (nSPS) is 28.5. The van der Waals surface area contributed by atoms with Gasteiger partial charge in [-0.3, -0.25) is 9.80 Å². The van der Waals surface area contributed by atoms with Crippen LogP contribution in [0.3, 0.4) is 0 Å². The number of anilines is 1. The average molecular weight is 329 g/mol. The molecule has 1 N–H and O–H groups in total. The number of para-hydroxylation sites is 1. The van der Waals surface area contributed by atoms with Crippen molar-refractivity contribution in [1.82, 2.24) is 9.80 Å². The van der Waals surface area contributed by atoms with Gasteiger partial charge in [-0.2, -0.15) is 0 Å². The maximum atomic E-state index is 9.52. The maximum Gasteiger partial charge on any atom is 0.0446 e. The summed E-state index contributed by atoms with van der Waals surface area (Å²) in [4.78, 5) is 7.86. The number of hydrogen-bond donors (Lipinski definition) is 1. The second-order valence-corrected chi connectivity index (χ2v) is 7.71. The first kappa shape index (κ1) is 16.4. The summed E-state index contributed by atoms with van der Waals surface area (Å²) in [5.74, 6) is 0. The molecule has 0 saturated carbocycles. The zero-order valence-corrected chi connectivity index (χ0v) is 14.7. The molecule has 24 heavy (non-hydrogen) atoms. The van der Waals surface area contributed by atoms with Gasteiger partial charge in [0.05, 0.1) is 0 Å². The molecule has 0 aliphatic carbocycles. The van der Waals surface area contributed by atoms with Crippen molar-refractivity contribution in [3.8, 4) is 0 Å². The molecule has 0 aromatic heterocycles. The molecule has 3 saturated heterocycles. The van der Waals surface area contributed by atoms with Crippen LogP contribution in [0.1, 0.15) is 37.7 Å². The molecule has 3 aliphatic heterocycles. The van der Waals surface area contributed by atoms with Gasteiger partial charge in [0.2, 0.25) is 0 Å². The molecule has 1 aromatic carbocycles. The Hall–Kier alpha value is -1.10. The molecule has 132 valence electrons. The number of fused-ring (bicyclic) bond motifs is 1. The summed E-state index contributed by atoms with van der Waals surface area (Å²) >= 11 is 0. The predicted octanol–water partition coefficient (Wildman–Crippen LogP) is 2.32. The molecule has 4 nitrogen and oxygen atoms in total. The van der Waals surface area contributed by atoms with Gasteiger partial charge in [-0.05, 0) is 50.3 Å². The third-order valence-corrected chi connectivity index (χ3v) is 6.18. The summed E-state index contributed by atoms with van der Waals surface area (Å²) in [6.45, 7) is 7.29. The molecule has 3 aliphatic rings. The molecule has 4 rings (SSSR count). The first-order valence-electron chi connectivity index (χ1n) is 9.77. The van der Waals surface area contributed by atoms with Gasteiger partial charge in [-0.1, -0.05) is 18.2 Å². The minimum Gasteiger partial charge on any atom is -0.396 e. The van der Waals surface area contributed by atoms with Gasteiger partial charge >= 0.3 is 0 Å². The summed E-state index contributed by atoms with van der Waals surface area (Å²) < 4.78 is 0. The quantitative estimate of drug-likeness (QED) is 0.898. The number of aliphatic hydroxyl groups excluding tert-OH is 1. The number of piperazine rings is 1. The standard InChI is InChI=1S/C20H31N3O/c24-13-9-19-15-22-12-5-7-18(22)16-23(19)14-17-6-1-2-8-20(17)21-10-3-4-11-21/h1-2,6,8,18-19,24H,3-5,7,9-16H2/t18?,19-/m0/s1. The summed E-state index contributed by atoms with van der Waals surface area (Å²) in [6, 6.07) is 10.2. The highest BCUT2D eigenvalue weighted by atomic mass is 16.3. The predicted molar refractivity (Wildman–Crippen MR) is 98.4 cm³/mol. The Morgan fingerprint density at radius 2 is 1.83 bits per heavy atom. The monoisotopic (exact) mass is 329 g/mol. The minimum absolute atomic E-state index is 0.299. The summed E-state index contributed by atoms with van der Waals surface area (Å²) in [7, 11) is 0. The molecule has 0 bridgehead atoms. The fourth-order valence-corrected chi connectivity index (χ4v) is 4.89. The van der Waals surface area contributed by atoms with Crippen molar-refractivity contribution < 1.29 is 5.11 Å². The lowest BCUT2D eigenvalue weighted by molar-refractivity contribution is 0.0334. The van der Waals surface area contributed by atoms with Gasteiger partial charge < -0.3 is 10.0 Å². The van der Waals surface area contributed by atoms with E-state index in [1.165, 1.54) is 63.1 Å². The lowest BCUT2D eigenvalue weighted by atomic mass is 10.0. The summed E-state index contributed by atoms with van der Waals surface area (Å²) in [6.07, 6.45) is 6.23. The van der Waals surface area contributed by atoms with Crippen molar-refractivity contribution in [2.45, 2.75) is 50.7 Å². The second kappa shape index (κ2) is 7.42. The van der Waals surface area contributed by atoms with Crippen molar-refractivity contribution in [3.63, 3.8) is 0 Å². The van der Waals surface area contributed by atoms with Crippen molar-refractivity contribution in [2.24, 2.45) is 0 Å². The molecule has 3 fully saturated rings. The van der Waals surface area contributed by atoms with Crippen LogP contribution in [-0.2, 0) is 6.54 Å². The molecular weight excluding hydrogens is 298 g/mol. The fourth-order valence-electron chi connectivity index (χ4n) is 4.89. The molecule has 0 radical (unpaired) electrons. The zero-order chi connectivity index (χ0) is 16.4. The zero-order valence-electron chi connectivity index (χ0n) is 14.7. The van der Waals surface area contributed by atoms with Crippen LogP contribution in [-0.4, -0.2) is 66.3 Å². The third kappa shape index (κ3) is 3.32. The van der Waals surface area contributed by atoms with Crippen molar-refractivity contribution in [3.05, 3.63) is 29.8 Å². The van der Waals surface area contributed by atoms with Crippen LogP contribution in [0, 0.1) is 0 Å². The van der Waals surface area contributed by atoms with Crippen molar-refractivity contribution in [1.29, 1.82) is 0 Å². The Labute approximate surface area is 146 Å². The van der Waals surface area contributed by atoms with Crippen molar-refractivity contribution >= 4 is 5.69 Å². The Balaban J connectivity index is 1.52. The van der Waals surface area contributed by atoms with Crippen LogP contribution in [0.5, 0.6) is 0 Å². The van der Waals surface area contributed by atoms with Crippen LogP contribution in [0.4, 0.5) is 5.69 Å². The number of hydrogen-bond acceptors (Lipinski definition) is 4. The van der Waals surface area contributed by atoms with E-state index in [0.717, 1.165) is 25.6 Å². The second-order valence-electron chi connectivity index (χ2n) is 7.71. The summed E-state index contributed by atoms with van der Waals surface area (Å²) in [5.41, 5.74) is 2.90. The molecular formula is C20H31N3O. The topological polar surface area (TPSA) is 30.0 Å². The molecule has 2 atom stereocenters. The lowest BCUT2D eigenvalue weighted by Crippen LogP contribution is -2.55. The molecule has 1 unspecified atom stereocenters. The van der Waals surface area contributed by atoms with Gasteiger partial charge in [0.15, 0.2) is 0 Å². The van der Waals surface area contributed by atoms with E-state index in [4.69, 9.17) is 0 Å². The Morgan fingerprint density at radius 1 is 1.00 bits per heavy atom. The molecule has 0 amide bonds. The van der Waals surface area contributed by atoms with Crippen LogP contribution in [0.15, 0.2) is 24.3 Å². The Bertz CT molecular complexity index is 543. The van der Waals surface area contributed by atoms with E-state index < -0.39 is 0 Å². The lowest BCUT2D eigenvalue weighted by Gasteiger charge is -2.44. The van der Waals surface area contributed by atoms with Gasteiger partial charge in [-0.15, -0.1) is 0 Å². The number of benzene rings is 1. The fraction of sp³-hybridized carbons (Fsp3) is 0.700. The average Bonchev–Trinajstić information content (AvgIpc) is 3.27. The smallest absolute Gasteiger partial charge is 0.0446 e.